The quantitative estimate of drug-likeness (QED) is 0.654. The first-order valence-corrected chi connectivity index (χ1v) is 4.67. The number of rotatable bonds is 6. The smallest absolute Gasteiger partial charge is 0.325 e. The van der Waals surface area contributed by atoms with Crippen molar-refractivity contribution in [1.82, 2.24) is 5.32 Å². The summed E-state index contributed by atoms with van der Waals surface area (Å²) in [5.74, 6) is -1.42. The van der Waals surface area contributed by atoms with E-state index in [2.05, 4.69) is 5.32 Å². The van der Waals surface area contributed by atoms with Crippen molar-refractivity contribution >= 4 is 11.9 Å². The van der Waals surface area contributed by atoms with E-state index < -0.39 is 18.1 Å². The molecule has 82 valence electrons. The van der Waals surface area contributed by atoms with Crippen LogP contribution in [-0.2, 0) is 14.3 Å². The van der Waals surface area contributed by atoms with E-state index in [-0.39, 0.29) is 5.91 Å². The summed E-state index contributed by atoms with van der Waals surface area (Å²) in [6, 6.07) is -0.878. The van der Waals surface area contributed by atoms with Crippen LogP contribution in [0.4, 0.5) is 0 Å². The third kappa shape index (κ3) is 4.23. The predicted octanol–water partition coefficient (Wildman–Crippen LogP) is 0.391. The van der Waals surface area contributed by atoms with Gasteiger partial charge >= 0.3 is 5.97 Å². The summed E-state index contributed by atoms with van der Waals surface area (Å²) in [5, 5.41) is 10.9. The molecule has 0 bridgehead atoms. The van der Waals surface area contributed by atoms with E-state index in [1.165, 1.54) is 6.92 Å². The van der Waals surface area contributed by atoms with Crippen LogP contribution in [0.2, 0.25) is 0 Å². The number of carboxylic acids is 1. The molecule has 5 heteroatoms. The predicted molar refractivity (Wildman–Crippen MR) is 50.9 cm³/mol. The number of amides is 1. The van der Waals surface area contributed by atoms with Gasteiger partial charge in [-0.2, -0.15) is 0 Å². The second-order valence-corrected chi connectivity index (χ2v) is 2.92. The molecule has 0 aliphatic rings. The van der Waals surface area contributed by atoms with Gasteiger partial charge in [0.25, 0.3) is 0 Å². The van der Waals surface area contributed by atoms with Crippen LogP contribution in [0.1, 0.15) is 27.2 Å². The first-order valence-electron chi connectivity index (χ1n) is 4.67. The van der Waals surface area contributed by atoms with Gasteiger partial charge in [0.15, 0.2) is 0 Å². The number of hydrogen-bond acceptors (Lipinski definition) is 3. The van der Waals surface area contributed by atoms with Crippen LogP contribution in [0.25, 0.3) is 0 Å². The molecule has 0 aromatic heterocycles. The van der Waals surface area contributed by atoms with Crippen molar-refractivity contribution in [1.29, 1.82) is 0 Å². The zero-order chi connectivity index (χ0) is 11.1. The number of nitrogens with one attached hydrogen (secondary N) is 1. The average Bonchev–Trinajstić information content (AvgIpc) is 2.13. The van der Waals surface area contributed by atoms with E-state index in [0.717, 1.165) is 0 Å². The molecule has 0 spiro atoms. The second kappa shape index (κ2) is 6.37. The molecule has 2 N–H and O–H groups in total. The number of carbonyl (C=O) groups is 2. The summed E-state index contributed by atoms with van der Waals surface area (Å²) in [6.07, 6.45) is -0.0201. The van der Waals surface area contributed by atoms with Crippen LogP contribution in [0.3, 0.4) is 0 Å². The molecule has 0 heterocycles. The standard InChI is InChI=1S/C9H17NO4/c1-4-7(14-5-2)8(11)10-6(3)9(12)13/h6-7H,4-5H2,1-3H3,(H,10,11)(H,12,13)/t6-,7?/m1/s1. The highest BCUT2D eigenvalue weighted by Gasteiger charge is 2.20. The summed E-state index contributed by atoms with van der Waals surface area (Å²) < 4.78 is 5.13. The van der Waals surface area contributed by atoms with E-state index in [1.807, 2.05) is 6.92 Å². The van der Waals surface area contributed by atoms with E-state index in [4.69, 9.17) is 9.84 Å². The van der Waals surface area contributed by atoms with E-state index >= 15 is 0 Å². The van der Waals surface area contributed by atoms with Crippen LogP contribution < -0.4 is 5.32 Å². The molecule has 1 unspecified atom stereocenters. The first kappa shape index (κ1) is 12.9. The highest BCUT2D eigenvalue weighted by atomic mass is 16.5. The van der Waals surface area contributed by atoms with Gasteiger partial charge in [0, 0.05) is 6.61 Å². The lowest BCUT2D eigenvalue weighted by Gasteiger charge is -2.16. The lowest BCUT2D eigenvalue weighted by Crippen LogP contribution is -2.44. The van der Waals surface area contributed by atoms with Crippen molar-refractivity contribution in [3.05, 3.63) is 0 Å². The molecule has 5 nitrogen and oxygen atoms in total. The van der Waals surface area contributed by atoms with Gasteiger partial charge in [-0.25, -0.2) is 0 Å². The second-order valence-electron chi connectivity index (χ2n) is 2.92. The summed E-state index contributed by atoms with van der Waals surface area (Å²) in [7, 11) is 0. The Bertz CT molecular complexity index is 205. The van der Waals surface area contributed by atoms with Crippen molar-refractivity contribution in [2.24, 2.45) is 0 Å². The summed E-state index contributed by atoms with van der Waals surface area (Å²) in [5.41, 5.74) is 0. The largest absolute Gasteiger partial charge is 0.480 e. The van der Waals surface area contributed by atoms with Crippen LogP contribution in [-0.4, -0.2) is 35.7 Å². The SMILES string of the molecule is CCOC(CC)C(=O)N[C@H](C)C(=O)O. The Balaban J connectivity index is 4.09. The van der Waals surface area contributed by atoms with Crippen molar-refractivity contribution < 1.29 is 19.4 Å². The molecule has 0 saturated heterocycles. The lowest BCUT2D eigenvalue weighted by molar-refractivity contribution is -0.143. The van der Waals surface area contributed by atoms with E-state index in [0.29, 0.717) is 13.0 Å². The maximum atomic E-state index is 11.4. The van der Waals surface area contributed by atoms with Crippen molar-refractivity contribution in [2.45, 2.75) is 39.3 Å². The van der Waals surface area contributed by atoms with Gasteiger partial charge in [0.05, 0.1) is 0 Å². The Hall–Kier alpha value is -1.10. The highest BCUT2D eigenvalue weighted by Crippen LogP contribution is 1.98. The molecule has 0 rings (SSSR count). The van der Waals surface area contributed by atoms with Gasteiger partial charge in [0.2, 0.25) is 5.91 Å². The third-order valence-corrected chi connectivity index (χ3v) is 1.76. The molecule has 0 aliphatic heterocycles. The Morgan fingerprint density at radius 3 is 2.36 bits per heavy atom. The normalized spacial score (nSPS) is 14.5. The Morgan fingerprint density at radius 2 is 2.00 bits per heavy atom. The monoisotopic (exact) mass is 203 g/mol. The zero-order valence-electron chi connectivity index (χ0n) is 8.74. The minimum Gasteiger partial charge on any atom is -0.480 e. The summed E-state index contributed by atoms with van der Waals surface area (Å²) in [6.45, 7) is 5.45. The fourth-order valence-electron chi connectivity index (χ4n) is 0.948. The number of hydrogen-bond donors (Lipinski definition) is 2. The van der Waals surface area contributed by atoms with Gasteiger partial charge in [-0.05, 0) is 20.3 Å². The Morgan fingerprint density at radius 1 is 1.43 bits per heavy atom. The van der Waals surface area contributed by atoms with Gasteiger partial charge in [-0.15, -0.1) is 0 Å². The van der Waals surface area contributed by atoms with E-state index in [9.17, 15) is 9.59 Å². The van der Waals surface area contributed by atoms with Gasteiger partial charge < -0.3 is 15.2 Å². The van der Waals surface area contributed by atoms with Crippen LogP contribution in [0.5, 0.6) is 0 Å². The van der Waals surface area contributed by atoms with Gasteiger partial charge in [0.1, 0.15) is 12.1 Å². The lowest BCUT2D eigenvalue weighted by atomic mass is 10.2. The average molecular weight is 203 g/mol. The van der Waals surface area contributed by atoms with Crippen LogP contribution >= 0.6 is 0 Å². The third-order valence-electron chi connectivity index (χ3n) is 1.76. The molecule has 0 saturated carbocycles. The van der Waals surface area contributed by atoms with Crippen LogP contribution in [0.15, 0.2) is 0 Å². The number of carboxylic acid groups (broad SMARTS) is 1. The maximum Gasteiger partial charge on any atom is 0.325 e. The number of ether oxygens (including phenoxy) is 1. The maximum absolute atomic E-state index is 11.4. The number of carbonyl (C=O) groups excluding carboxylic acids is 1. The molecule has 14 heavy (non-hydrogen) atoms. The zero-order valence-corrected chi connectivity index (χ0v) is 8.74. The molecule has 2 atom stereocenters. The molecule has 0 aromatic rings. The topological polar surface area (TPSA) is 75.6 Å². The molecule has 0 aliphatic carbocycles. The van der Waals surface area contributed by atoms with Crippen LogP contribution in [0, 0.1) is 0 Å². The minimum atomic E-state index is -1.05. The van der Waals surface area contributed by atoms with Crippen molar-refractivity contribution in [2.75, 3.05) is 6.61 Å². The molecule has 0 radical (unpaired) electrons. The highest BCUT2D eigenvalue weighted by molar-refractivity contribution is 5.85. The van der Waals surface area contributed by atoms with Gasteiger partial charge in [-0.3, -0.25) is 9.59 Å². The van der Waals surface area contributed by atoms with E-state index in [1.54, 1.807) is 6.92 Å². The Kier molecular flexibility index (Phi) is 5.87. The molecule has 0 fully saturated rings. The minimum absolute atomic E-state index is 0.371. The Labute approximate surface area is 83.4 Å². The molecule has 1 amide bonds. The first-order chi connectivity index (χ1) is 6.52. The summed E-state index contributed by atoms with van der Waals surface area (Å²) in [4.78, 5) is 21.8. The molecular weight excluding hydrogens is 186 g/mol. The number of aliphatic carboxylic acids is 1. The molecule has 0 aromatic carbocycles. The summed E-state index contributed by atoms with van der Waals surface area (Å²) >= 11 is 0. The fraction of sp³-hybridized carbons (Fsp3) is 0.778. The van der Waals surface area contributed by atoms with Crippen molar-refractivity contribution in [3.8, 4) is 0 Å². The van der Waals surface area contributed by atoms with Crippen molar-refractivity contribution in [3.63, 3.8) is 0 Å². The fourth-order valence-corrected chi connectivity index (χ4v) is 0.948. The van der Waals surface area contributed by atoms with Gasteiger partial charge in [-0.1, -0.05) is 6.92 Å². The molecular formula is C9H17NO4.